The van der Waals surface area contributed by atoms with Gasteiger partial charge in [0.15, 0.2) is 0 Å². The van der Waals surface area contributed by atoms with Gasteiger partial charge in [0.2, 0.25) is 0 Å². The average Bonchev–Trinajstić information content (AvgIpc) is 2.25. The van der Waals surface area contributed by atoms with E-state index in [9.17, 15) is 9.59 Å². The fourth-order valence-corrected chi connectivity index (χ4v) is 2.58. The summed E-state index contributed by atoms with van der Waals surface area (Å²) in [7, 11) is 1.48. The first-order valence-corrected chi connectivity index (χ1v) is 6.09. The van der Waals surface area contributed by atoms with Gasteiger partial charge in [-0.15, -0.1) is 0 Å². The van der Waals surface area contributed by atoms with E-state index >= 15 is 0 Å². The third-order valence-electron chi connectivity index (χ3n) is 3.60. The third-order valence-corrected chi connectivity index (χ3v) is 3.60. The summed E-state index contributed by atoms with van der Waals surface area (Å²) >= 11 is 0. The summed E-state index contributed by atoms with van der Waals surface area (Å²) < 4.78 is 1.09. The number of aromatic amines is 1. The van der Waals surface area contributed by atoms with Crippen LogP contribution in [0.5, 0.6) is 0 Å². The van der Waals surface area contributed by atoms with Crippen molar-refractivity contribution in [1.29, 1.82) is 0 Å². The van der Waals surface area contributed by atoms with Crippen molar-refractivity contribution in [3.63, 3.8) is 0 Å². The smallest absolute Gasteiger partial charge is 0.329 e. The quantitative estimate of drug-likeness (QED) is 0.787. The highest BCUT2D eigenvalue weighted by Crippen LogP contribution is 2.26. The highest BCUT2D eigenvalue weighted by molar-refractivity contribution is 5.40. The Kier molecular flexibility index (Phi) is 3.09. The van der Waals surface area contributed by atoms with Crippen molar-refractivity contribution >= 4 is 5.82 Å². The first-order chi connectivity index (χ1) is 8.00. The number of piperidine rings is 1. The van der Waals surface area contributed by atoms with E-state index in [1.165, 1.54) is 19.5 Å². The molecule has 1 aromatic heterocycles. The monoisotopic (exact) mass is 237 g/mol. The summed E-state index contributed by atoms with van der Waals surface area (Å²) in [4.78, 5) is 28.2. The third kappa shape index (κ3) is 2.14. The number of rotatable bonds is 1. The Balaban J connectivity index is 2.46. The lowest BCUT2D eigenvalue weighted by Crippen LogP contribution is -2.46. The van der Waals surface area contributed by atoms with E-state index < -0.39 is 0 Å². The van der Waals surface area contributed by atoms with Gasteiger partial charge >= 0.3 is 5.69 Å². The van der Waals surface area contributed by atoms with Gasteiger partial charge in [-0.3, -0.25) is 14.3 Å². The van der Waals surface area contributed by atoms with E-state index in [2.05, 4.69) is 23.7 Å². The highest BCUT2D eigenvalue weighted by Gasteiger charge is 2.25. The number of hydrogen-bond donors (Lipinski definition) is 1. The fourth-order valence-electron chi connectivity index (χ4n) is 2.58. The van der Waals surface area contributed by atoms with E-state index in [0.717, 1.165) is 17.4 Å². The molecular formula is C12H19N3O2. The summed E-state index contributed by atoms with van der Waals surface area (Å²) in [6.45, 7) is 4.26. The highest BCUT2D eigenvalue weighted by atomic mass is 16.2. The Morgan fingerprint density at radius 2 is 1.82 bits per heavy atom. The van der Waals surface area contributed by atoms with Gasteiger partial charge in [-0.05, 0) is 33.1 Å². The van der Waals surface area contributed by atoms with E-state index in [1.54, 1.807) is 0 Å². The minimum atomic E-state index is -0.350. The van der Waals surface area contributed by atoms with Crippen molar-refractivity contribution in [2.24, 2.45) is 7.05 Å². The van der Waals surface area contributed by atoms with Crippen LogP contribution in [0.15, 0.2) is 15.7 Å². The Labute approximate surface area is 100 Å². The molecule has 1 N–H and O–H groups in total. The Hall–Kier alpha value is -1.52. The normalized spacial score (nSPS) is 25.0. The first-order valence-electron chi connectivity index (χ1n) is 6.09. The van der Waals surface area contributed by atoms with Gasteiger partial charge < -0.3 is 4.90 Å². The molecular weight excluding hydrogens is 218 g/mol. The minimum absolute atomic E-state index is 0.256. The van der Waals surface area contributed by atoms with E-state index in [0.29, 0.717) is 17.9 Å². The molecule has 2 heterocycles. The molecule has 5 heteroatoms. The number of hydrogen-bond acceptors (Lipinski definition) is 3. The number of nitrogens with zero attached hydrogens (tertiary/aromatic N) is 2. The maximum absolute atomic E-state index is 11.6. The molecule has 1 aliphatic rings. The van der Waals surface area contributed by atoms with Crippen LogP contribution < -0.4 is 16.1 Å². The largest absolute Gasteiger partial charge is 0.352 e. The molecule has 0 bridgehead atoms. The van der Waals surface area contributed by atoms with Crippen molar-refractivity contribution in [3.8, 4) is 0 Å². The Bertz CT molecular complexity index is 476. The zero-order valence-corrected chi connectivity index (χ0v) is 10.6. The molecule has 2 atom stereocenters. The summed E-state index contributed by atoms with van der Waals surface area (Å²) in [5.74, 6) is 0.651. The van der Waals surface area contributed by atoms with Gasteiger partial charge in [-0.25, -0.2) is 4.79 Å². The zero-order chi connectivity index (χ0) is 12.6. The lowest BCUT2D eigenvalue weighted by Gasteiger charge is -2.40. The van der Waals surface area contributed by atoms with Crippen molar-refractivity contribution in [2.45, 2.75) is 45.2 Å². The van der Waals surface area contributed by atoms with Crippen LogP contribution >= 0.6 is 0 Å². The summed E-state index contributed by atoms with van der Waals surface area (Å²) in [5.41, 5.74) is -0.605. The van der Waals surface area contributed by atoms with Crippen LogP contribution in [0.3, 0.4) is 0 Å². The molecule has 1 aliphatic heterocycles. The number of anilines is 1. The average molecular weight is 237 g/mol. The van der Waals surface area contributed by atoms with Crippen LogP contribution in [0.25, 0.3) is 0 Å². The van der Waals surface area contributed by atoms with Gasteiger partial charge in [0.1, 0.15) is 5.82 Å². The van der Waals surface area contributed by atoms with E-state index in [1.807, 2.05) is 0 Å². The van der Waals surface area contributed by atoms with Gasteiger partial charge in [0, 0.05) is 25.2 Å². The fraction of sp³-hybridized carbons (Fsp3) is 0.667. The zero-order valence-electron chi connectivity index (χ0n) is 10.6. The molecule has 1 aromatic rings. The van der Waals surface area contributed by atoms with Gasteiger partial charge in [-0.2, -0.15) is 0 Å². The number of H-pyrrole nitrogens is 1. The van der Waals surface area contributed by atoms with Crippen molar-refractivity contribution in [3.05, 3.63) is 26.9 Å². The van der Waals surface area contributed by atoms with Crippen LogP contribution in [-0.2, 0) is 7.05 Å². The van der Waals surface area contributed by atoms with Crippen LogP contribution in [0.4, 0.5) is 5.82 Å². The van der Waals surface area contributed by atoms with Crippen molar-refractivity contribution < 1.29 is 0 Å². The topological polar surface area (TPSA) is 58.1 Å². The van der Waals surface area contributed by atoms with Crippen LogP contribution in [-0.4, -0.2) is 21.6 Å². The number of nitrogens with one attached hydrogen (secondary N) is 1. The second-order valence-corrected chi connectivity index (χ2v) is 4.89. The molecule has 1 saturated heterocycles. The van der Waals surface area contributed by atoms with Crippen molar-refractivity contribution in [2.75, 3.05) is 4.90 Å². The summed E-state index contributed by atoms with van der Waals surface area (Å²) in [6.07, 6.45) is 3.40. The predicted octanol–water partition coefficient (Wildman–Crippen LogP) is 0.841. The molecule has 1 fully saturated rings. The molecule has 2 unspecified atom stereocenters. The molecule has 0 saturated carbocycles. The van der Waals surface area contributed by atoms with Crippen LogP contribution in [0.1, 0.15) is 33.1 Å². The SMILES string of the molecule is CC1CCCC(C)N1c1cc(=O)n(C)c(=O)[nH]1. The van der Waals surface area contributed by atoms with Gasteiger partial charge in [0.25, 0.3) is 5.56 Å². The lowest BCUT2D eigenvalue weighted by atomic mass is 9.98. The van der Waals surface area contributed by atoms with Crippen molar-refractivity contribution in [1.82, 2.24) is 9.55 Å². The lowest BCUT2D eigenvalue weighted by molar-refractivity contribution is 0.410. The molecule has 94 valence electrons. The molecule has 0 aliphatic carbocycles. The predicted molar refractivity (Wildman–Crippen MR) is 67.6 cm³/mol. The Morgan fingerprint density at radius 3 is 2.35 bits per heavy atom. The maximum Gasteiger partial charge on any atom is 0.329 e. The standard InChI is InChI=1S/C12H19N3O2/c1-8-5-4-6-9(2)15(8)10-7-11(16)14(3)12(17)13-10/h7-9H,4-6H2,1-3H3,(H,13,17). The molecule has 0 amide bonds. The Morgan fingerprint density at radius 1 is 1.24 bits per heavy atom. The second-order valence-electron chi connectivity index (χ2n) is 4.89. The van der Waals surface area contributed by atoms with Crippen LogP contribution in [0.2, 0.25) is 0 Å². The molecule has 0 aromatic carbocycles. The van der Waals surface area contributed by atoms with Gasteiger partial charge in [-0.1, -0.05) is 0 Å². The maximum atomic E-state index is 11.6. The summed E-state index contributed by atoms with van der Waals surface area (Å²) in [5, 5.41) is 0. The molecule has 17 heavy (non-hydrogen) atoms. The van der Waals surface area contributed by atoms with E-state index in [4.69, 9.17) is 0 Å². The minimum Gasteiger partial charge on any atom is -0.352 e. The molecule has 0 spiro atoms. The first kappa shape index (κ1) is 12.0. The second kappa shape index (κ2) is 4.39. The molecule has 0 radical (unpaired) electrons. The van der Waals surface area contributed by atoms with Gasteiger partial charge in [0.05, 0.1) is 0 Å². The summed E-state index contributed by atoms with van der Waals surface area (Å²) in [6, 6.07) is 2.24. The molecule has 5 nitrogen and oxygen atoms in total. The number of aromatic nitrogens is 2. The molecule has 2 rings (SSSR count). The van der Waals surface area contributed by atoms with E-state index in [-0.39, 0.29) is 11.2 Å². The van der Waals surface area contributed by atoms with Crippen LogP contribution in [0, 0.1) is 0 Å².